The van der Waals surface area contributed by atoms with Gasteiger partial charge in [-0.3, -0.25) is 0 Å². The van der Waals surface area contributed by atoms with Crippen LogP contribution >= 0.6 is 0 Å². The number of hydrogen-bond donors (Lipinski definition) is 0. The van der Waals surface area contributed by atoms with E-state index < -0.39 is 0 Å². The third-order valence-corrected chi connectivity index (χ3v) is 13.8. The van der Waals surface area contributed by atoms with E-state index in [1.54, 1.807) is 0 Å². The quantitative estimate of drug-likeness (QED) is 0.330. The highest BCUT2D eigenvalue weighted by molar-refractivity contribution is 5.30. The highest BCUT2D eigenvalue weighted by Gasteiger charge is 2.65. The molecule has 5 rings (SSSR count). The molecule has 5 aliphatic rings. The van der Waals surface area contributed by atoms with E-state index in [4.69, 9.17) is 0 Å². The highest BCUT2D eigenvalue weighted by atomic mass is 14.7. The summed E-state index contributed by atoms with van der Waals surface area (Å²) in [5.41, 5.74) is 4.90. The fraction of sp³-hybridized carbons (Fsp3) is 0.938. The molecule has 0 heteroatoms. The lowest BCUT2D eigenvalue weighted by Gasteiger charge is -2.69. The fourth-order valence-corrected chi connectivity index (χ4v) is 11.5. The summed E-state index contributed by atoms with van der Waals surface area (Å²) < 4.78 is 0. The molecule has 32 heavy (non-hydrogen) atoms. The lowest BCUT2D eigenvalue weighted by atomic mass is 9.35. The minimum atomic E-state index is 0.441. The van der Waals surface area contributed by atoms with Crippen LogP contribution in [0.3, 0.4) is 0 Å². The number of hydrogen-bond acceptors (Lipinski definition) is 0. The first-order valence-electron chi connectivity index (χ1n) is 14.3. The van der Waals surface area contributed by atoms with Gasteiger partial charge in [0.05, 0.1) is 0 Å². The average molecular weight is 439 g/mol. The molecule has 0 amide bonds. The molecular formula is C32H54. The Morgan fingerprint density at radius 2 is 1.38 bits per heavy atom. The molecule has 0 spiro atoms. The number of allylic oxidation sites excluding steroid dienone is 2. The summed E-state index contributed by atoms with van der Waals surface area (Å²) >= 11 is 0. The van der Waals surface area contributed by atoms with Crippen LogP contribution in [0, 0.1) is 62.1 Å². The summed E-state index contributed by atoms with van der Waals surface area (Å²) in [5.74, 6) is 4.34. The molecule has 0 N–H and O–H groups in total. The minimum Gasteiger partial charge on any atom is -0.0844 e. The van der Waals surface area contributed by atoms with Crippen LogP contribution in [0.2, 0.25) is 0 Å². The number of rotatable bonds is 0. The van der Waals surface area contributed by atoms with Gasteiger partial charge in [0, 0.05) is 0 Å². The third-order valence-electron chi connectivity index (χ3n) is 13.8. The molecular weight excluding hydrogens is 384 g/mol. The van der Waals surface area contributed by atoms with Gasteiger partial charge in [0.1, 0.15) is 0 Å². The van der Waals surface area contributed by atoms with Crippen LogP contribution < -0.4 is 0 Å². The van der Waals surface area contributed by atoms with E-state index in [1.165, 1.54) is 57.8 Å². The Bertz CT molecular complexity index is 810. The summed E-state index contributed by atoms with van der Waals surface area (Å²) in [7, 11) is 0. The Hall–Kier alpha value is -0.260. The van der Waals surface area contributed by atoms with Crippen molar-refractivity contribution >= 4 is 0 Å². The average Bonchev–Trinajstić information content (AvgIpc) is 2.65. The summed E-state index contributed by atoms with van der Waals surface area (Å²) in [4.78, 5) is 0. The fourth-order valence-electron chi connectivity index (χ4n) is 11.5. The van der Waals surface area contributed by atoms with Crippen molar-refractivity contribution in [3.05, 3.63) is 11.6 Å². The van der Waals surface area contributed by atoms with Gasteiger partial charge >= 0.3 is 0 Å². The lowest BCUT2D eigenvalue weighted by molar-refractivity contribution is -0.175. The maximum absolute atomic E-state index is 2.86. The molecule has 0 aromatic rings. The van der Waals surface area contributed by atoms with Crippen molar-refractivity contribution in [3.63, 3.8) is 0 Å². The maximum Gasteiger partial charge on any atom is -0.0136 e. The van der Waals surface area contributed by atoms with Gasteiger partial charge in [-0.2, -0.15) is 0 Å². The van der Waals surface area contributed by atoms with Gasteiger partial charge in [-0.15, -0.1) is 0 Å². The van der Waals surface area contributed by atoms with Crippen molar-refractivity contribution in [1.29, 1.82) is 0 Å². The van der Waals surface area contributed by atoms with E-state index in [0.29, 0.717) is 32.5 Å². The normalized spacial score (nSPS) is 53.2. The molecule has 182 valence electrons. The first-order valence-corrected chi connectivity index (χ1v) is 14.3. The van der Waals surface area contributed by atoms with Crippen LogP contribution in [-0.4, -0.2) is 0 Å². The van der Waals surface area contributed by atoms with Gasteiger partial charge in [0.25, 0.3) is 0 Å². The third kappa shape index (κ3) is 2.86. The smallest absolute Gasteiger partial charge is 0.0136 e. The SMILES string of the molecule is CC1CCC2(C)C(CCC3(C)C4CCC5(C)C(CC(C)(C)CC5(C)C)C4=CCC32)C1(C)C. The van der Waals surface area contributed by atoms with Crippen molar-refractivity contribution in [3.8, 4) is 0 Å². The van der Waals surface area contributed by atoms with Crippen LogP contribution in [0.4, 0.5) is 0 Å². The zero-order valence-electron chi connectivity index (χ0n) is 23.3. The second-order valence-corrected chi connectivity index (χ2v) is 16.3. The first-order chi connectivity index (χ1) is 14.6. The Labute approximate surface area is 200 Å². The monoisotopic (exact) mass is 438 g/mol. The van der Waals surface area contributed by atoms with Gasteiger partial charge in [-0.25, -0.2) is 0 Å². The van der Waals surface area contributed by atoms with Crippen molar-refractivity contribution in [2.45, 2.75) is 127 Å². The Morgan fingerprint density at radius 1 is 0.719 bits per heavy atom. The molecule has 8 atom stereocenters. The van der Waals surface area contributed by atoms with Crippen LogP contribution in [0.5, 0.6) is 0 Å². The molecule has 0 aromatic carbocycles. The van der Waals surface area contributed by atoms with Crippen molar-refractivity contribution in [2.75, 3.05) is 0 Å². The Balaban J connectivity index is 1.55. The molecule has 0 aliphatic heterocycles. The van der Waals surface area contributed by atoms with Crippen molar-refractivity contribution < 1.29 is 0 Å². The molecule has 4 saturated carbocycles. The van der Waals surface area contributed by atoms with E-state index in [-0.39, 0.29) is 0 Å². The molecule has 4 fully saturated rings. The predicted molar refractivity (Wildman–Crippen MR) is 138 cm³/mol. The van der Waals surface area contributed by atoms with Gasteiger partial charge in [-0.1, -0.05) is 80.9 Å². The van der Waals surface area contributed by atoms with Gasteiger partial charge in [-0.05, 0) is 120 Å². The van der Waals surface area contributed by atoms with E-state index in [2.05, 4.69) is 75.3 Å². The molecule has 0 radical (unpaired) electrons. The summed E-state index contributed by atoms with van der Waals surface area (Å²) in [6.45, 7) is 26.3. The maximum atomic E-state index is 2.86. The summed E-state index contributed by atoms with van der Waals surface area (Å²) in [5, 5.41) is 0. The van der Waals surface area contributed by atoms with E-state index in [0.717, 1.165) is 29.6 Å². The van der Waals surface area contributed by atoms with Crippen molar-refractivity contribution in [2.24, 2.45) is 62.1 Å². The van der Waals surface area contributed by atoms with Crippen molar-refractivity contribution in [1.82, 2.24) is 0 Å². The van der Waals surface area contributed by atoms with E-state index in [9.17, 15) is 0 Å². The van der Waals surface area contributed by atoms with Gasteiger partial charge in [0.15, 0.2) is 0 Å². The standard InChI is InChI=1S/C32H54/c1-21-13-16-31(9)25(29(21,6)7)15-17-30(8)23-14-18-32(10)24(22(23)11-12-26(30)31)19-27(2,3)20-28(32,4)5/h11,21,23-26H,12-20H2,1-10H3. The second-order valence-electron chi connectivity index (χ2n) is 16.3. The van der Waals surface area contributed by atoms with Gasteiger partial charge < -0.3 is 0 Å². The molecule has 0 bridgehead atoms. The summed E-state index contributed by atoms with van der Waals surface area (Å²) in [6, 6.07) is 0. The zero-order valence-corrected chi connectivity index (χ0v) is 23.3. The first kappa shape index (κ1) is 23.5. The van der Waals surface area contributed by atoms with Crippen LogP contribution in [0.25, 0.3) is 0 Å². The molecule has 0 nitrogen and oxygen atoms in total. The zero-order chi connectivity index (χ0) is 23.5. The van der Waals surface area contributed by atoms with Crippen LogP contribution in [0.15, 0.2) is 11.6 Å². The molecule has 5 aliphatic carbocycles. The Kier molecular flexibility index (Phi) is 4.91. The molecule has 0 saturated heterocycles. The molecule has 8 unspecified atom stereocenters. The number of fused-ring (bicyclic) bond motifs is 7. The van der Waals surface area contributed by atoms with E-state index in [1.807, 2.05) is 5.57 Å². The molecule has 0 aromatic heterocycles. The topological polar surface area (TPSA) is 0 Å². The highest BCUT2D eigenvalue weighted by Crippen LogP contribution is 2.74. The second kappa shape index (κ2) is 6.69. The lowest BCUT2D eigenvalue weighted by Crippen LogP contribution is -2.61. The predicted octanol–water partition coefficient (Wildman–Crippen LogP) is 9.69. The summed E-state index contributed by atoms with van der Waals surface area (Å²) in [6.07, 6.45) is 15.8. The largest absolute Gasteiger partial charge is 0.0844 e. The van der Waals surface area contributed by atoms with E-state index >= 15 is 0 Å². The van der Waals surface area contributed by atoms with Crippen LogP contribution in [0.1, 0.15) is 127 Å². The molecule has 0 heterocycles. The van der Waals surface area contributed by atoms with Crippen LogP contribution in [-0.2, 0) is 0 Å². The van der Waals surface area contributed by atoms with Gasteiger partial charge in [0.2, 0.25) is 0 Å². The minimum absolute atomic E-state index is 0.441. The Morgan fingerprint density at radius 3 is 2.06 bits per heavy atom.